The molecule has 29 heavy (non-hydrogen) atoms. The third-order valence-electron chi connectivity index (χ3n) is 5.12. The number of methoxy groups -OCH3 is 2. The molecule has 1 atom stereocenters. The van der Waals surface area contributed by atoms with E-state index in [4.69, 9.17) is 19.2 Å². The molecule has 0 bridgehead atoms. The summed E-state index contributed by atoms with van der Waals surface area (Å²) in [5.41, 5.74) is 1.98. The lowest BCUT2D eigenvalue weighted by molar-refractivity contribution is 0.0913. The Morgan fingerprint density at radius 1 is 1.34 bits per heavy atom. The fourth-order valence-electron chi connectivity index (χ4n) is 3.43. The Morgan fingerprint density at radius 2 is 2.10 bits per heavy atom. The van der Waals surface area contributed by atoms with E-state index >= 15 is 0 Å². The molecule has 8 nitrogen and oxygen atoms in total. The molecule has 1 aliphatic heterocycles. The van der Waals surface area contributed by atoms with Gasteiger partial charge < -0.3 is 14.2 Å². The molecular formula is C20H24N4O4S. The molecule has 9 heteroatoms. The number of benzene rings is 1. The van der Waals surface area contributed by atoms with Crippen molar-refractivity contribution in [1.82, 2.24) is 14.8 Å². The zero-order valence-corrected chi connectivity index (χ0v) is 17.8. The van der Waals surface area contributed by atoms with E-state index in [1.807, 2.05) is 26.1 Å². The van der Waals surface area contributed by atoms with Crippen molar-refractivity contribution in [2.24, 2.45) is 7.05 Å². The van der Waals surface area contributed by atoms with Gasteiger partial charge in [-0.15, -0.1) is 0 Å². The van der Waals surface area contributed by atoms with Crippen molar-refractivity contribution in [3.05, 3.63) is 29.6 Å². The second kappa shape index (κ2) is 8.00. The van der Waals surface area contributed by atoms with E-state index in [1.54, 1.807) is 29.9 Å². The minimum Gasteiger partial charge on any atom is -0.495 e. The summed E-state index contributed by atoms with van der Waals surface area (Å²) in [6, 6.07) is 5.45. The van der Waals surface area contributed by atoms with Crippen molar-refractivity contribution in [1.29, 1.82) is 0 Å². The number of hydrogen-bond donors (Lipinski definition) is 0. The monoisotopic (exact) mass is 416 g/mol. The number of fused-ring (bicyclic) bond motifs is 1. The van der Waals surface area contributed by atoms with Crippen LogP contribution in [0.1, 0.15) is 29.0 Å². The summed E-state index contributed by atoms with van der Waals surface area (Å²) < 4.78 is 19.3. The van der Waals surface area contributed by atoms with Crippen LogP contribution in [0.2, 0.25) is 0 Å². The van der Waals surface area contributed by atoms with Gasteiger partial charge in [0.25, 0.3) is 5.91 Å². The summed E-state index contributed by atoms with van der Waals surface area (Å²) in [6.45, 7) is 3.07. The highest BCUT2D eigenvalue weighted by molar-refractivity contribution is 7.22. The van der Waals surface area contributed by atoms with Crippen LogP contribution in [0, 0.1) is 6.92 Å². The maximum absolute atomic E-state index is 13.4. The zero-order valence-electron chi connectivity index (χ0n) is 17.0. The molecule has 0 spiro atoms. The molecule has 1 saturated heterocycles. The van der Waals surface area contributed by atoms with Gasteiger partial charge in [0.15, 0.2) is 10.8 Å². The van der Waals surface area contributed by atoms with Gasteiger partial charge in [-0.05, 0) is 38.0 Å². The minimum absolute atomic E-state index is 0.0143. The smallest absolute Gasteiger partial charge is 0.280 e. The van der Waals surface area contributed by atoms with Gasteiger partial charge in [0.1, 0.15) is 21.7 Å². The molecule has 154 valence electrons. The fourth-order valence-corrected chi connectivity index (χ4v) is 4.52. The van der Waals surface area contributed by atoms with Crippen LogP contribution >= 0.6 is 11.3 Å². The molecule has 3 heterocycles. The van der Waals surface area contributed by atoms with E-state index in [-0.39, 0.29) is 12.0 Å². The van der Waals surface area contributed by atoms with Crippen molar-refractivity contribution in [2.75, 3.05) is 32.3 Å². The Labute approximate surface area is 173 Å². The standard InChI is InChI=1S/C20H24N4O4S/c1-12-10-14(22-23(12)2)19(25)24(11-13-6-5-9-28-13)20-21-17-15(26-3)7-8-16(27-4)18(17)29-20/h7-8,10,13H,5-6,9,11H2,1-4H3/t13-/m1/s1. The van der Waals surface area contributed by atoms with E-state index in [0.717, 1.165) is 29.8 Å². The Kier molecular flexibility index (Phi) is 5.42. The quantitative estimate of drug-likeness (QED) is 0.614. The second-order valence-electron chi connectivity index (χ2n) is 6.99. The summed E-state index contributed by atoms with van der Waals surface area (Å²) >= 11 is 1.40. The number of carbonyl (C=O) groups excluding carboxylic acids is 1. The summed E-state index contributed by atoms with van der Waals surface area (Å²) in [6.07, 6.45) is 1.90. The van der Waals surface area contributed by atoms with Crippen LogP contribution in [0.4, 0.5) is 5.13 Å². The molecule has 0 unspecified atom stereocenters. The maximum Gasteiger partial charge on any atom is 0.280 e. The molecule has 1 fully saturated rings. The van der Waals surface area contributed by atoms with Crippen LogP contribution in [0.25, 0.3) is 10.2 Å². The van der Waals surface area contributed by atoms with Crippen LogP contribution in [0.5, 0.6) is 11.5 Å². The highest BCUT2D eigenvalue weighted by Crippen LogP contribution is 2.40. The number of amides is 1. The number of aryl methyl sites for hydroxylation is 2. The molecule has 0 radical (unpaired) electrons. The van der Waals surface area contributed by atoms with Crippen molar-refractivity contribution in [3.8, 4) is 11.5 Å². The van der Waals surface area contributed by atoms with Crippen molar-refractivity contribution in [3.63, 3.8) is 0 Å². The Hall–Kier alpha value is -2.65. The topological polar surface area (TPSA) is 78.7 Å². The molecule has 2 aromatic heterocycles. The first kappa shape index (κ1) is 19.7. The van der Waals surface area contributed by atoms with Crippen LogP contribution in [-0.2, 0) is 11.8 Å². The van der Waals surface area contributed by atoms with E-state index < -0.39 is 0 Å². The van der Waals surface area contributed by atoms with Crippen LogP contribution in [0.3, 0.4) is 0 Å². The van der Waals surface area contributed by atoms with E-state index in [0.29, 0.717) is 34.4 Å². The Balaban J connectivity index is 1.78. The third kappa shape index (κ3) is 3.67. The Bertz CT molecular complexity index is 978. The van der Waals surface area contributed by atoms with Gasteiger partial charge in [-0.2, -0.15) is 5.10 Å². The SMILES string of the molecule is COc1ccc(OC)c2sc(N(C[C@H]3CCCO3)C(=O)c3cc(C)n(C)n3)nc12. The molecular weight excluding hydrogens is 392 g/mol. The highest BCUT2D eigenvalue weighted by atomic mass is 32.1. The van der Waals surface area contributed by atoms with Gasteiger partial charge in [-0.3, -0.25) is 14.4 Å². The summed E-state index contributed by atoms with van der Waals surface area (Å²) in [5.74, 6) is 1.14. The highest BCUT2D eigenvalue weighted by Gasteiger charge is 2.29. The number of ether oxygens (including phenoxy) is 3. The van der Waals surface area contributed by atoms with Gasteiger partial charge in [-0.1, -0.05) is 11.3 Å². The molecule has 1 amide bonds. The first-order valence-electron chi connectivity index (χ1n) is 9.47. The average molecular weight is 417 g/mol. The van der Waals surface area contributed by atoms with E-state index in [1.165, 1.54) is 11.3 Å². The summed E-state index contributed by atoms with van der Waals surface area (Å²) in [7, 11) is 5.04. The maximum atomic E-state index is 13.4. The van der Waals surface area contributed by atoms with Crippen molar-refractivity contribution in [2.45, 2.75) is 25.9 Å². The molecule has 3 aromatic rings. The lowest BCUT2D eigenvalue weighted by atomic mass is 10.2. The average Bonchev–Trinajstić information content (AvgIpc) is 3.45. The largest absolute Gasteiger partial charge is 0.495 e. The number of hydrogen-bond acceptors (Lipinski definition) is 7. The first-order valence-corrected chi connectivity index (χ1v) is 10.3. The van der Waals surface area contributed by atoms with E-state index in [9.17, 15) is 4.79 Å². The number of nitrogens with zero attached hydrogens (tertiary/aromatic N) is 4. The first-order chi connectivity index (χ1) is 14.0. The van der Waals surface area contributed by atoms with Gasteiger partial charge in [0.2, 0.25) is 0 Å². The number of carbonyl (C=O) groups is 1. The fraction of sp³-hybridized carbons (Fsp3) is 0.450. The van der Waals surface area contributed by atoms with Crippen molar-refractivity contribution >= 4 is 32.6 Å². The normalized spacial score (nSPS) is 16.3. The van der Waals surface area contributed by atoms with Crippen molar-refractivity contribution < 1.29 is 19.0 Å². The second-order valence-corrected chi connectivity index (χ2v) is 7.97. The zero-order chi connectivity index (χ0) is 20.5. The summed E-state index contributed by atoms with van der Waals surface area (Å²) in [5, 5.41) is 4.94. The molecule has 1 aromatic carbocycles. The third-order valence-corrected chi connectivity index (χ3v) is 6.21. The molecule has 0 N–H and O–H groups in total. The van der Waals surface area contributed by atoms with Crippen LogP contribution in [0.15, 0.2) is 18.2 Å². The van der Waals surface area contributed by atoms with Gasteiger partial charge in [0, 0.05) is 19.3 Å². The van der Waals surface area contributed by atoms with E-state index in [2.05, 4.69) is 5.10 Å². The number of anilines is 1. The van der Waals surface area contributed by atoms with Gasteiger partial charge in [-0.25, -0.2) is 4.98 Å². The van der Waals surface area contributed by atoms with Gasteiger partial charge in [0.05, 0.1) is 26.9 Å². The number of aromatic nitrogens is 3. The van der Waals surface area contributed by atoms with Crippen LogP contribution < -0.4 is 14.4 Å². The van der Waals surface area contributed by atoms with Gasteiger partial charge >= 0.3 is 0 Å². The number of thiazole rings is 1. The minimum atomic E-state index is -0.193. The molecule has 0 aliphatic carbocycles. The molecule has 4 rings (SSSR count). The predicted octanol–water partition coefficient (Wildman–Crippen LogP) is 3.18. The Morgan fingerprint density at radius 3 is 2.72 bits per heavy atom. The number of rotatable bonds is 6. The molecule has 1 aliphatic rings. The summed E-state index contributed by atoms with van der Waals surface area (Å²) in [4.78, 5) is 19.8. The van der Waals surface area contributed by atoms with Crippen LogP contribution in [-0.4, -0.2) is 54.1 Å². The predicted molar refractivity (Wildman–Crippen MR) is 111 cm³/mol. The lowest BCUT2D eigenvalue weighted by Gasteiger charge is -2.22. The molecule has 0 saturated carbocycles. The lowest BCUT2D eigenvalue weighted by Crippen LogP contribution is -2.37.